The Bertz CT molecular complexity index is 319. The molecule has 14 heavy (non-hydrogen) atoms. The summed E-state index contributed by atoms with van der Waals surface area (Å²) in [5.41, 5.74) is 0. The number of methoxy groups -OCH3 is 1. The molecule has 0 aromatic carbocycles. The number of halogens is 1. The monoisotopic (exact) mass is 215 g/mol. The molecule has 0 saturated heterocycles. The van der Waals surface area contributed by atoms with Gasteiger partial charge in [0, 0.05) is 12.3 Å². The van der Waals surface area contributed by atoms with E-state index in [9.17, 15) is 4.79 Å². The largest absolute Gasteiger partial charge is 0.481 e. The van der Waals surface area contributed by atoms with Crippen molar-refractivity contribution in [3.63, 3.8) is 0 Å². The zero-order valence-electron chi connectivity index (χ0n) is 7.66. The summed E-state index contributed by atoms with van der Waals surface area (Å²) in [5.74, 6) is 0.639. The highest BCUT2D eigenvalue weighted by molar-refractivity contribution is 6.27. The number of nitrogens with one attached hydrogen (secondary N) is 1. The Balaban J connectivity index is 2.54. The third-order valence-electron chi connectivity index (χ3n) is 1.45. The third kappa shape index (κ3) is 3.18. The maximum Gasteiger partial charge on any atom is 0.235 e. The molecule has 0 bridgehead atoms. The van der Waals surface area contributed by atoms with Crippen molar-refractivity contribution in [2.24, 2.45) is 0 Å². The molecule has 0 spiro atoms. The summed E-state index contributed by atoms with van der Waals surface area (Å²) in [6.07, 6.45) is 1.56. The van der Waals surface area contributed by atoms with Gasteiger partial charge in [-0.05, 0) is 0 Å². The number of nitrogens with zero attached hydrogens (tertiary/aromatic N) is 2. The number of rotatable bonds is 4. The Kier molecular flexibility index (Phi) is 4.12. The zero-order chi connectivity index (χ0) is 10.4. The third-order valence-corrected chi connectivity index (χ3v) is 1.70. The first-order valence-electron chi connectivity index (χ1n) is 3.95. The van der Waals surface area contributed by atoms with Crippen LogP contribution in [0.1, 0.15) is 5.82 Å². The summed E-state index contributed by atoms with van der Waals surface area (Å²) < 4.78 is 4.90. The Hall–Kier alpha value is -1.36. The van der Waals surface area contributed by atoms with Crippen molar-refractivity contribution in [3.8, 4) is 5.88 Å². The van der Waals surface area contributed by atoms with Gasteiger partial charge in [-0.3, -0.25) is 4.79 Å². The van der Waals surface area contributed by atoms with E-state index in [1.54, 1.807) is 12.3 Å². The number of amides is 1. The summed E-state index contributed by atoms with van der Waals surface area (Å²) in [6, 6.07) is 1.63. The smallest absolute Gasteiger partial charge is 0.235 e. The molecule has 0 aliphatic carbocycles. The van der Waals surface area contributed by atoms with Crippen LogP contribution in [0.2, 0.25) is 0 Å². The Morgan fingerprint density at radius 2 is 2.50 bits per heavy atom. The van der Waals surface area contributed by atoms with Gasteiger partial charge in [-0.1, -0.05) is 0 Å². The van der Waals surface area contributed by atoms with Crippen molar-refractivity contribution in [1.29, 1.82) is 0 Å². The van der Waals surface area contributed by atoms with Gasteiger partial charge < -0.3 is 10.1 Å². The molecule has 6 heteroatoms. The maximum atomic E-state index is 10.8. The predicted molar refractivity (Wildman–Crippen MR) is 51.2 cm³/mol. The van der Waals surface area contributed by atoms with E-state index in [0.717, 1.165) is 0 Å². The van der Waals surface area contributed by atoms with Gasteiger partial charge in [0.25, 0.3) is 0 Å². The topological polar surface area (TPSA) is 64.1 Å². The van der Waals surface area contributed by atoms with Gasteiger partial charge in [0.05, 0.1) is 13.7 Å². The van der Waals surface area contributed by atoms with Gasteiger partial charge in [-0.25, -0.2) is 4.98 Å². The molecule has 0 radical (unpaired) electrons. The SMILES string of the molecule is COc1ccnc(CNC(=O)CCl)n1. The fourth-order valence-corrected chi connectivity index (χ4v) is 0.899. The highest BCUT2D eigenvalue weighted by atomic mass is 35.5. The van der Waals surface area contributed by atoms with E-state index in [1.807, 2.05) is 0 Å². The second-order valence-corrected chi connectivity index (χ2v) is 2.69. The van der Waals surface area contributed by atoms with Gasteiger partial charge in [-0.2, -0.15) is 4.98 Å². The second kappa shape index (κ2) is 5.39. The Labute approximate surface area is 86.5 Å². The van der Waals surface area contributed by atoms with Gasteiger partial charge in [-0.15, -0.1) is 11.6 Å². The van der Waals surface area contributed by atoms with Crippen molar-refractivity contribution in [2.75, 3.05) is 13.0 Å². The molecule has 0 saturated carbocycles. The van der Waals surface area contributed by atoms with Crippen LogP contribution in [0.4, 0.5) is 0 Å². The van der Waals surface area contributed by atoms with Crippen LogP contribution in [0.25, 0.3) is 0 Å². The molecule has 0 fully saturated rings. The molecule has 1 amide bonds. The summed E-state index contributed by atoms with van der Waals surface area (Å²) in [6.45, 7) is 0.253. The highest BCUT2D eigenvalue weighted by Gasteiger charge is 2.01. The summed E-state index contributed by atoms with van der Waals surface area (Å²) in [4.78, 5) is 18.8. The molecule has 76 valence electrons. The van der Waals surface area contributed by atoms with Crippen molar-refractivity contribution in [1.82, 2.24) is 15.3 Å². The number of aromatic nitrogens is 2. The maximum absolute atomic E-state index is 10.8. The summed E-state index contributed by atoms with van der Waals surface area (Å²) >= 11 is 5.30. The molecule has 0 aliphatic heterocycles. The first-order valence-corrected chi connectivity index (χ1v) is 4.48. The van der Waals surface area contributed by atoms with Crippen LogP contribution < -0.4 is 10.1 Å². The summed E-state index contributed by atoms with van der Waals surface area (Å²) in [5, 5.41) is 2.55. The number of hydrogen-bond acceptors (Lipinski definition) is 4. The first-order chi connectivity index (χ1) is 6.76. The molecular formula is C8H10ClN3O2. The quantitative estimate of drug-likeness (QED) is 0.736. The van der Waals surface area contributed by atoms with Gasteiger partial charge in [0.15, 0.2) is 5.82 Å². The average Bonchev–Trinajstić information content (AvgIpc) is 2.26. The van der Waals surface area contributed by atoms with E-state index in [-0.39, 0.29) is 18.3 Å². The van der Waals surface area contributed by atoms with Gasteiger partial charge in [0.1, 0.15) is 5.88 Å². The Morgan fingerprint density at radius 1 is 1.71 bits per heavy atom. The summed E-state index contributed by atoms with van der Waals surface area (Å²) in [7, 11) is 1.52. The van der Waals surface area contributed by atoms with Crippen LogP contribution in [0.3, 0.4) is 0 Å². The minimum Gasteiger partial charge on any atom is -0.481 e. The average molecular weight is 216 g/mol. The molecule has 1 rings (SSSR count). The molecular weight excluding hydrogens is 206 g/mol. The van der Waals surface area contributed by atoms with E-state index < -0.39 is 0 Å². The van der Waals surface area contributed by atoms with E-state index in [4.69, 9.17) is 16.3 Å². The minimum atomic E-state index is -0.252. The zero-order valence-corrected chi connectivity index (χ0v) is 8.41. The molecule has 0 aliphatic rings. The molecule has 0 unspecified atom stereocenters. The second-order valence-electron chi connectivity index (χ2n) is 2.43. The highest BCUT2D eigenvalue weighted by Crippen LogP contribution is 2.02. The van der Waals surface area contributed by atoms with Crippen molar-refractivity contribution in [3.05, 3.63) is 18.1 Å². The van der Waals surface area contributed by atoms with Crippen LogP contribution in [-0.2, 0) is 11.3 Å². The van der Waals surface area contributed by atoms with Crippen LogP contribution in [0, 0.1) is 0 Å². The molecule has 5 nitrogen and oxygen atoms in total. The molecule has 1 heterocycles. The minimum absolute atomic E-state index is 0.0655. The van der Waals surface area contributed by atoms with Gasteiger partial charge >= 0.3 is 0 Å². The lowest BCUT2D eigenvalue weighted by Gasteiger charge is -2.03. The molecule has 1 N–H and O–H groups in total. The lowest BCUT2D eigenvalue weighted by atomic mass is 10.5. The lowest BCUT2D eigenvalue weighted by Crippen LogP contribution is -2.24. The Morgan fingerprint density at radius 3 is 3.14 bits per heavy atom. The van der Waals surface area contributed by atoms with E-state index in [2.05, 4.69) is 15.3 Å². The number of carbonyl (C=O) groups is 1. The van der Waals surface area contributed by atoms with Crippen molar-refractivity contribution in [2.45, 2.75) is 6.54 Å². The number of alkyl halides is 1. The first kappa shape index (κ1) is 10.7. The number of hydrogen-bond donors (Lipinski definition) is 1. The van der Waals surface area contributed by atoms with E-state index in [0.29, 0.717) is 11.7 Å². The van der Waals surface area contributed by atoms with Gasteiger partial charge in [0.2, 0.25) is 11.8 Å². The lowest BCUT2D eigenvalue weighted by molar-refractivity contribution is -0.118. The fourth-order valence-electron chi connectivity index (χ4n) is 0.804. The van der Waals surface area contributed by atoms with Crippen molar-refractivity contribution >= 4 is 17.5 Å². The normalized spacial score (nSPS) is 9.57. The molecule has 0 atom stereocenters. The van der Waals surface area contributed by atoms with Crippen LogP contribution >= 0.6 is 11.6 Å². The van der Waals surface area contributed by atoms with E-state index in [1.165, 1.54) is 7.11 Å². The number of ether oxygens (including phenoxy) is 1. The molecule has 1 aromatic rings. The fraction of sp³-hybridized carbons (Fsp3) is 0.375. The van der Waals surface area contributed by atoms with E-state index >= 15 is 0 Å². The molecule has 1 aromatic heterocycles. The van der Waals surface area contributed by atoms with Crippen LogP contribution in [0.5, 0.6) is 5.88 Å². The number of carbonyl (C=O) groups excluding carboxylic acids is 1. The van der Waals surface area contributed by atoms with Crippen LogP contribution in [-0.4, -0.2) is 28.9 Å². The predicted octanol–water partition coefficient (Wildman–Crippen LogP) is 0.340. The standard InChI is InChI=1S/C8H10ClN3O2/c1-14-8-2-3-10-6(12-8)5-11-7(13)4-9/h2-3H,4-5H2,1H3,(H,11,13). The van der Waals surface area contributed by atoms with Crippen molar-refractivity contribution < 1.29 is 9.53 Å². The van der Waals surface area contributed by atoms with Crippen LogP contribution in [0.15, 0.2) is 12.3 Å².